The second kappa shape index (κ2) is 7.08. The zero-order valence-electron chi connectivity index (χ0n) is 9.74. The van der Waals surface area contributed by atoms with Crippen LogP contribution < -0.4 is 5.32 Å². The predicted octanol–water partition coefficient (Wildman–Crippen LogP) is 3.01. The third kappa shape index (κ3) is 4.58. The van der Waals surface area contributed by atoms with Crippen LogP contribution in [0.5, 0.6) is 0 Å². The lowest BCUT2D eigenvalue weighted by Crippen LogP contribution is -2.29. The fourth-order valence-corrected chi connectivity index (χ4v) is 1.95. The number of hydrogen-bond donors (Lipinski definition) is 1. The highest BCUT2D eigenvalue weighted by atomic mass is 79.9. The summed E-state index contributed by atoms with van der Waals surface area (Å²) in [7, 11) is 0. The Kier molecular flexibility index (Phi) is 5.71. The summed E-state index contributed by atoms with van der Waals surface area (Å²) in [5, 5.41) is 11.6. The maximum absolute atomic E-state index is 11.7. The third-order valence-electron chi connectivity index (χ3n) is 2.41. The van der Waals surface area contributed by atoms with E-state index in [-0.39, 0.29) is 5.91 Å². The molecule has 1 N–H and O–H groups in total. The third-order valence-corrected chi connectivity index (χ3v) is 2.90. The first-order valence-corrected chi connectivity index (χ1v) is 6.38. The van der Waals surface area contributed by atoms with Crippen molar-refractivity contribution in [1.82, 2.24) is 5.32 Å². The summed E-state index contributed by atoms with van der Waals surface area (Å²) in [6.07, 6.45) is 1.45. The fourth-order valence-electron chi connectivity index (χ4n) is 1.50. The summed E-state index contributed by atoms with van der Waals surface area (Å²) in [5.74, 6) is -0.721. The molecule has 0 bridgehead atoms. The molecule has 0 saturated heterocycles. The van der Waals surface area contributed by atoms with E-state index in [4.69, 9.17) is 5.26 Å². The highest BCUT2D eigenvalue weighted by Gasteiger charge is 2.15. The standard InChI is InChI=1S/C13H15BrN2O/c1-2-4-11(8-15)13(17)16-9-10-5-3-6-12(14)7-10/h3,5-7,11H,2,4,9H2,1H3,(H,16,17). The van der Waals surface area contributed by atoms with E-state index in [0.29, 0.717) is 13.0 Å². The molecule has 1 aromatic rings. The van der Waals surface area contributed by atoms with Gasteiger partial charge in [0.1, 0.15) is 5.92 Å². The Hall–Kier alpha value is -1.34. The Morgan fingerprint density at radius 1 is 1.59 bits per heavy atom. The molecule has 0 heterocycles. The summed E-state index contributed by atoms with van der Waals surface area (Å²) >= 11 is 3.37. The molecule has 0 aliphatic rings. The minimum atomic E-state index is -0.535. The monoisotopic (exact) mass is 294 g/mol. The van der Waals surface area contributed by atoms with Crippen molar-refractivity contribution in [2.75, 3.05) is 0 Å². The van der Waals surface area contributed by atoms with Crippen molar-refractivity contribution >= 4 is 21.8 Å². The van der Waals surface area contributed by atoms with Gasteiger partial charge in [-0.25, -0.2) is 0 Å². The molecule has 4 heteroatoms. The van der Waals surface area contributed by atoms with Gasteiger partial charge in [-0.15, -0.1) is 0 Å². The lowest BCUT2D eigenvalue weighted by molar-refractivity contribution is -0.123. The summed E-state index contributed by atoms with van der Waals surface area (Å²) in [6, 6.07) is 9.76. The van der Waals surface area contributed by atoms with Crippen molar-refractivity contribution in [2.24, 2.45) is 5.92 Å². The van der Waals surface area contributed by atoms with Gasteiger partial charge in [-0.1, -0.05) is 41.4 Å². The van der Waals surface area contributed by atoms with Crippen molar-refractivity contribution < 1.29 is 4.79 Å². The highest BCUT2D eigenvalue weighted by Crippen LogP contribution is 2.12. The van der Waals surface area contributed by atoms with Crippen molar-refractivity contribution in [2.45, 2.75) is 26.3 Å². The highest BCUT2D eigenvalue weighted by molar-refractivity contribution is 9.10. The van der Waals surface area contributed by atoms with Crippen LogP contribution in [0.2, 0.25) is 0 Å². The Morgan fingerprint density at radius 2 is 2.35 bits per heavy atom. The first-order chi connectivity index (χ1) is 8.17. The first kappa shape index (κ1) is 13.7. The predicted molar refractivity (Wildman–Crippen MR) is 70.0 cm³/mol. The molecule has 1 amide bonds. The molecule has 1 rings (SSSR count). The summed E-state index contributed by atoms with van der Waals surface area (Å²) in [5.41, 5.74) is 1.01. The van der Waals surface area contributed by atoms with Gasteiger partial charge in [-0.3, -0.25) is 4.79 Å². The maximum Gasteiger partial charge on any atom is 0.237 e. The average Bonchev–Trinajstić information content (AvgIpc) is 2.33. The smallest absolute Gasteiger partial charge is 0.237 e. The molecule has 17 heavy (non-hydrogen) atoms. The van der Waals surface area contributed by atoms with E-state index in [2.05, 4.69) is 21.2 Å². The minimum Gasteiger partial charge on any atom is -0.351 e. The molecule has 0 aliphatic carbocycles. The zero-order chi connectivity index (χ0) is 12.7. The van der Waals surface area contributed by atoms with E-state index in [0.717, 1.165) is 16.5 Å². The van der Waals surface area contributed by atoms with Crippen molar-refractivity contribution in [3.63, 3.8) is 0 Å². The van der Waals surface area contributed by atoms with Crippen LogP contribution in [0.1, 0.15) is 25.3 Å². The molecule has 1 aromatic carbocycles. The number of rotatable bonds is 5. The fraction of sp³-hybridized carbons (Fsp3) is 0.385. The lowest BCUT2D eigenvalue weighted by Gasteiger charge is -2.09. The molecule has 0 saturated carbocycles. The largest absolute Gasteiger partial charge is 0.351 e. The van der Waals surface area contributed by atoms with Gasteiger partial charge in [0.05, 0.1) is 6.07 Å². The average molecular weight is 295 g/mol. The van der Waals surface area contributed by atoms with Crippen LogP contribution in [0.4, 0.5) is 0 Å². The van der Waals surface area contributed by atoms with Crippen molar-refractivity contribution in [1.29, 1.82) is 5.26 Å². The molecular weight excluding hydrogens is 280 g/mol. The Bertz CT molecular complexity index is 426. The molecule has 0 aliphatic heterocycles. The lowest BCUT2D eigenvalue weighted by atomic mass is 10.0. The Morgan fingerprint density at radius 3 is 2.94 bits per heavy atom. The van der Waals surface area contributed by atoms with Gasteiger partial charge in [-0.05, 0) is 24.1 Å². The zero-order valence-corrected chi connectivity index (χ0v) is 11.3. The van der Waals surface area contributed by atoms with Crippen LogP contribution in [0.25, 0.3) is 0 Å². The van der Waals surface area contributed by atoms with Gasteiger partial charge >= 0.3 is 0 Å². The van der Waals surface area contributed by atoms with Crippen LogP contribution >= 0.6 is 15.9 Å². The molecular formula is C13H15BrN2O. The van der Waals surface area contributed by atoms with Crippen LogP contribution in [-0.4, -0.2) is 5.91 Å². The number of benzene rings is 1. The summed E-state index contributed by atoms with van der Waals surface area (Å²) in [6.45, 7) is 2.42. The van der Waals surface area contributed by atoms with Crippen molar-refractivity contribution in [3.05, 3.63) is 34.3 Å². The van der Waals surface area contributed by atoms with Gasteiger partial charge < -0.3 is 5.32 Å². The van der Waals surface area contributed by atoms with Gasteiger partial charge in [0.2, 0.25) is 5.91 Å². The molecule has 0 radical (unpaired) electrons. The second-order valence-electron chi connectivity index (χ2n) is 3.82. The Balaban J connectivity index is 2.50. The van der Waals surface area contributed by atoms with Gasteiger partial charge in [0, 0.05) is 11.0 Å². The molecule has 1 atom stereocenters. The minimum absolute atomic E-state index is 0.186. The van der Waals surface area contributed by atoms with Gasteiger partial charge in [0.25, 0.3) is 0 Å². The second-order valence-corrected chi connectivity index (χ2v) is 4.73. The molecule has 90 valence electrons. The number of carbonyl (C=O) groups excluding carboxylic acids is 1. The molecule has 1 unspecified atom stereocenters. The number of amides is 1. The van der Waals surface area contributed by atoms with Crippen molar-refractivity contribution in [3.8, 4) is 6.07 Å². The number of carbonyl (C=O) groups is 1. The van der Waals surface area contributed by atoms with Crippen LogP contribution in [-0.2, 0) is 11.3 Å². The van der Waals surface area contributed by atoms with E-state index in [1.807, 2.05) is 37.3 Å². The van der Waals surface area contributed by atoms with E-state index < -0.39 is 5.92 Å². The molecule has 0 aromatic heterocycles. The number of nitrogens with zero attached hydrogens (tertiary/aromatic N) is 1. The molecule has 3 nitrogen and oxygen atoms in total. The number of nitrogens with one attached hydrogen (secondary N) is 1. The van der Waals surface area contributed by atoms with E-state index >= 15 is 0 Å². The van der Waals surface area contributed by atoms with E-state index in [1.54, 1.807) is 0 Å². The quantitative estimate of drug-likeness (QED) is 0.908. The van der Waals surface area contributed by atoms with E-state index in [9.17, 15) is 4.79 Å². The summed E-state index contributed by atoms with van der Waals surface area (Å²) in [4.78, 5) is 11.7. The number of halogens is 1. The first-order valence-electron chi connectivity index (χ1n) is 5.59. The number of hydrogen-bond acceptors (Lipinski definition) is 2. The molecule has 0 fully saturated rings. The SMILES string of the molecule is CCCC(C#N)C(=O)NCc1cccc(Br)c1. The number of nitriles is 1. The van der Waals surface area contributed by atoms with Crippen LogP contribution in [0.15, 0.2) is 28.7 Å². The normalized spacial score (nSPS) is 11.6. The molecule has 0 spiro atoms. The van der Waals surface area contributed by atoms with Gasteiger partial charge in [0.15, 0.2) is 0 Å². The Labute approximate surface area is 110 Å². The van der Waals surface area contributed by atoms with E-state index in [1.165, 1.54) is 0 Å². The maximum atomic E-state index is 11.7. The summed E-state index contributed by atoms with van der Waals surface area (Å²) < 4.78 is 0.981. The van der Waals surface area contributed by atoms with Crippen LogP contribution in [0, 0.1) is 17.2 Å². The van der Waals surface area contributed by atoms with Crippen LogP contribution in [0.3, 0.4) is 0 Å². The topological polar surface area (TPSA) is 52.9 Å². The van der Waals surface area contributed by atoms with Gasteiger partial charge in [-0.2, -0.15) is 5.26 Å².